The van der Waals surface area contributed by atoms with E-state index in [0.29, 0.717) is 49.9 Å². The lowest BCUT2D eigenvalue weighted by Gasteiger charge is -2.41. The summed E-state index contributed by atoms with van der Waals surface area (Å²) in [5.41, 5.74) is 9.00. The number of nitrogens with one attached hydrogen (secondary N) is 2. The largest absolute Gasteiger partial charge is 0.463 e. The maximum absolute atomic E-state index is 14.5. The van der Waals surface area contributed by atoms with Crippen molar-refractivity contribution >= 4 is 28.7 Å². The molecule has 248 valence electrons. The third-order valence-corrected chi connectivity index (χ3v) is 9.80. The predicted octanol–water partition coefficient (Wildman–Crippen LogP) is 7.65. The number of fused-ring (bicyclic) bond motifs is 1. The summed E-state index contributed by atoms with van der Waals surface area (Å²) < 4.78 is 11.4. The zero-order valence-electron chi connectivity index (χ0n) is 28.7. The average molecular weight is 638 g/mol. The number of dihydropyridines is 1. The molecule has 2 aromatic carbocycles. The van der Waals surface area contributed by atoms with Gasteiger partial charge in [-0.3, -0.25) is 4.79 Å². The number of Topliss-reactive ketones (excluding diaryl/α,β-unsaturated/α-hetero) is 1. The molecule has 0 radical (unpaired) electrons. The molecule has 0 bridgehead atoms. The maximum Gasteiger partial charge on any atom is 0.410 e. The van der Waals surface area contributed by atoms with Gasteiger partial charge in [-0.25, -0.2) is 9.59 Å². The molecule has 2 N–H and O–H groups in total. The SMILES string of the molecule is CCOC(=O)C1=C(C2CCN(C(=O)OC(C)(C)C)CC2)NC2=C(C(=O)CC(c3c(C)cc(C)cc3C)C2)C1c1cccc2[nH]ccc12. The number of amides is 1. The van der Waals surface area contributed by atoms with E-state index in [1.54, 1.807) is 4.90 Å². The minimum absolute atomic E-state index is 0.0254. The van der Waals surface area contributed by atoms with Gasteiger partial charge in [-0.05, 0) is 108 Å². The van der Waals surface area contributed by atoms with Crippen molar-refractivity contribution in [2.45, 2.75) is 91.6 Å². The number of hydrogen-bond acceptors (Lipinski definition) is 6. The zero-order chi connectivity index (χ0) is 33.6. The van der Waals surface area contributed by atoms with Crippen LogP contribution in [-0.4, -0.2) is 53.0 Å². The number of aryl methyl sites for hydroxylation is 3. The standard InChI is InChI=1S/C39H47N3O5/c1-8-46-37(44)35-33(28-10-9-11-29-27(28)12-15-40-29)34-30(20-26(21-31(34)43)32-23(3)18-22(2)19-24(32)4)41-36(35)25-13-16-42(17-14-25)38(45)47-39(5,6)7/h9-12,15,18-19,25-26,33,40-41H,8,13-14,16-17,20-21H2,1-7H3. The number of allylic oxidation sites excluding steroid dienone is 3. The number of likely N-dealkylation sites (tertiary alicyclic amines) is 1. The monoisotopic (exact) mass is 637 g/mol. The van der Waals surface area contributed by atoms with E-state index in [2.05, 4.69) is 43.2 Å². The average Bonchev–Trinajstić information content (AvgIpc) is 3.48. The first-order valence-corrected chi connectivity index (χ1v) is 16.9. The number of carbonyl (C=O) groups is 3. The molecule has 3 heterocycles. The third kappa shape index (κ3) is 6.34. The number of nitrogens with zero attached hydrogens (tertiary/aromatic N) is 1. The summed E-state index contributed by atoms with van der Waals surface area (Å²) in [4.78, 5) is 46.5. The maximum atomic E-state index is 14.5. The van der Waals surface area contributed by atoms with E-state index in [4.69, 9.17) is 9.47 Å². The zero-order valence-corrected chi connectivity index (χ0v) is 28.7. The van der Waals surface area contributed by atoms with Crippen molar-refractivity contribution in [3.05, 3.63) is 93.0 Å². The summed E-state index contributed by atoms with van der Waals surface area (Å²) in [6.45, 7) is 15.0. The fraction of sp³-hybridized carbons (Fsp3) is 0.462. The van der Waals surface area contributed by atoms with Crippen LogP contribution in [0, 0.1) is 26.7 Å². The Kier molecular flexibility index (Phi) is 8.81. The van der Waals surface area contributed by atoms with Gasteiger partial charge < -0.3 is 24.7 Å². The predicted molar refractivity (Wildman–Crippen MR) is 183 cm³/mol. The first kappa shape index (κ1) is 32.6. The highest BCUT2D eigenvalue weighted by molar-refractivity contribution is 6.05. The summed E-state index contributed by atoms with van der Waals surface area (Å²) in [5.74, 6) is -0.932. The number of rotatable bonds is 5. The number of ether oxygens (including phenoxy) is 2. The van der Waals surface area contributed by atoms with Crippen molar-refractivity contribution in [2.75, 3.05) is 19.7 Å². The Balaban J connectivity index is 1.46. The minimum Gasteiger partial charge on any atom is -0.463 e. The summed E-state index contributed by atoms with van der Waals surface area (Å²) in [6.07, 6.45) is 3.93. The van der Waals surface area contributed by atoms with Crippen LogP contribution < -0.4 is 5.32 Å². The van der Waals surface area contributed by atoms with E-state index in [-0.39, 0.29) is 30.3 Å². The van der Waals surface area contributed by atoms with Gasteiger partial charge in [-0.15, -0.1) is 0 Å². The van der Waals surface area contributed by atoms with E-state index >= 15 is 0 Å². The molecular weight excluding hydrogens is 590 g/mol. The van der Waals surface area contributed by atoms with Crippen molar-refractivity contribution in [2.24, 2.45) is 5.92 Å². The second-order valence-corrected chi connectivity index (χ2v) is 14.4. The van der Waals surface area contributed by atoms with Gasteiger partial charge in [0.1, 0.15) is 5.60 Å². The van der Waals surface area contributed by atoms with Crippen molar-refractivity contribution in [3.8, 4) is 0 Å². The Morgan fingerprint density at radius 3 is 2.34 bits per heavy atom. The number of H-pyrrole nitrogens is 1. The fourth-order valence-electron chi connectivity index (χ4n) is 8.06. The number of benzene rings is 2. The number of ketones is 1. The second kappa shape index (κ2) is 12.7. The molecule has 3 aliphatic rings. The molecule has 8 heteroatoms. The number of carbonyl (C=O) groups excluding carboxylic acids is 3. The van der Waals surface area contributed by atoms with Gasteiger partial charge >= 0.3 is 12.1 Å². The number of hydrogen-bond donors (Lipinski definition) is 2. The van der Waals surface area contributed by atoms with E-state index in [1.807, 2.05) is 58.2 Å². The van der Waals surface area contributed by atoms with Crippen LogP contribution in [-0.2, 0) is 19.1 Å². The van der Waals surface area contributed by atoms with Gasteiger partial charge in [0.15, 0.2) is 5.78 Å². The summed E-state index contributed by atoms with van der Waals surface area (Å²) in [6, 6.07) is 12.4. The first-order chi connectivity index (χ1) is 22.4. The topological polar surface area (TPSA) is 101 Å². The van der Waals surface area contributed by atoms with Crippen LogP contribution in [0.2, 0.25) is 0 Å². The van der Waals surface area contributed by atoms with Crippen molar-refractivity contribution in [1.29, 1.82) is 0 Å². The lowest BCUT2D eigenvalue weighted by molar-refractivity contribution is -0.139. The molecule has 8 nitrogen and oxygen atoms in total. The van der Waals surface area contributed by atoms with Crippen molar-refractivity contribution in [1.82, 2.24) is 15.2 Å². The Morgan fingerprint density at radius 2 is 1.68 bits per heavy atom. The molecule has 0 saturated carbocycles. The van der Waals surface area contributed by atoms with E-state index in [9.17, 15) is 14.4 Å². The number of aromatic nitrogens is 1. The van der Waals surface area contributed by atoms with Gasteiger partial charge in [-0.1, -0.05) is 29.8 Å². The van der Waals surface area contributed by atoms with Crippen molar-refractivity contribution < 1.29 is 23.9 Å². The van der Waals surface area contributed by atoms with Crippen LogP contribution in [0.15, 0.2) is 65.1 Å². The molecule has 1 fully saturated rings. The van der Waals surface area contributed by atoms with Gasteiger partial charge in [0.05, 0.1) is 12.2 Å². The molecule has 2 unspecified atom stereocenters. The fourth-order valence-corrected chi connectivity index (χ4v) is 8.06. The van der Waals surface area contributed by atoms with Crippen LogP contribution in [0.25, 0.3) is 10.9 Å². The lowest BCUT2D eigenvalue weighted by Crippen LogP contribution is -2.44. The van der Waals surface area contributed by atoms with Gasteiger partial charge in [0, 0.05) is 65.4 Å². The summed E-state index contributed by atoms with van der Waals surface area (Å²) in [7, 11) is 0. The van der Waals surface area contributed by atoms with Crippen LogP contribution in [0.5, 0.6) is 0 Å². The number of aromatic amines is 1. The Morgan fingerprint density at radius 1 is 0.979 bits per heavy atom. The van der Waals surface area contributed by atoms with Gasteiger partial charge in [0.25, 0.3) is 0 Å². The number of piperidine rings is 1. The molecular formula is C39H47N3O5. The normalized spacial score (nSPS) is 20.7. The highest BCUT2D eigenvalue weighted by Crippen LogP contribution is 2.49. The first-order valence-electron chi connectivity index (χ1n) is 16.9. The molecule has 6 rings (SSSR count). The molecule has 1 aliphatic carbocycles. The van der Waals surface area contributed by atoms with E-state index in [0.717, 1.165) is 27.9 Å². The molecule has 3 aromatic rings. The molecule has 1 amide bonds. The minimum atomic E-state index is -0.577. The highest BCUT2D eigenvalue weighted by Gasteiger charge is 2.45. The Hall–Kier alpha value is -4.33. The Labute approximate surface area is 277 Å². The van der Waals surface area contributed by atoms with E-state index < -0.39 is 17.5 Å². The molecule has 1 aromatic heterocycles. The van der Waals surface area contributed by atoms with Crippen LogP contribution in [0.4, 0.5) is 4.79 Å². The molecule has 2 atom stereocenters. The van der Waals surface area contributed by atoms with Crippen LogP contribution >= 0.6 is 0 Å². The molecule has 2 aliphatic heterocycles. The quantitative estimate of drug-likeness (QED) is 0.279. The summed E-state index contributed by atoms with van der Waals surface area (Å²) >= 11 is 0. The molecule has 47 heavy (non-hydrogen) atoms. The van der Waals surface area contributed by atoms with E-state index in [1.165, 1.54) is 22.3 Å². The number of esters is 1. The van der Waals surface area contributed by atoms with Gasteiger partial charge in [-0.2, -0.15) is 0 Å². The van der Waals surface area contributed by atoms with Crippen LogP contribution in [0.3, 0.4) is 0 Å². The van der Waals surface area contributed by atoms with Crippen LogP contribution in [0.1, 0.15) is 93.0 Å². The van der Waals surface area contributed by atoms with Crippen molar-refractivity contribution in [3.63, 3.8) is 0 Å². The molecule has 1 saturated heterocycles. The smallest absolute Gasteiger partial charge is 0.410 e. The Bertz CT molecular complexity index is 1770. The highest BCUT2D eigenvalue weighted by atomic mass is 16.6. The van der Waals surface area contributed by atoms with Gasteiger partial charge in [0.2, 0.25) is 0 Å². The lowest BCUT2D eigenvalue weighted by atomic mass is 9.69. The second-order valence-electron chi connectivity index (χ2n) is 14.4. The molecule has 0 spiro atoms. The summed E-state index contributed by atoms with van der Waals surface area (Å²) in [5, 5.41) is 4.69. The third-order valence-electron chi connectivity index (χ3n) is 9.80.